The Kier molecular flexibility index (Phi) is 6.34. The number of nitro benzene ring substituents is 1. The van der Waals surface area contributed by atoms with Crippen molar-refractivity contribution in [2.45, 2.75) is 19.8 Å². The molecule has 0 aliphatic carbocycles. The molecule has 0 bridgehead atoms. The number of nitro groups is 1. The van der Waals surface area contributed by atoms with Gasteiger partial charge in [-0.25, -0.2) is 0 Å². The summed E-state index contributed by atoms with van der Waals surface area (Å²) in [5.74, 6) is 0.0413. The summed E-state index contributed by atoms with van der Waals surface area (Å²) in [5, 5.41) is 14.4. The van der Waals surface area contributed by atoms with Crippen LogP contribution in [0.4, 0.5) is 17.1 Å². The highest BCUT2D eigenvalue weighted by Gasteiger charge is 2.24. The number of piperidine rings is 1. The molecule has 1 aliphatic rings. The first-order valence-electron chi connectivity index (χ1n) is 9.92. The molecule has 0 unspecified atom stereocenters. The number of amides is 2. The Balaban J connectivity index is 1.77. The zero-order valence-electron chi connectivity index (χ0n) is 17.4. The third-order valence-electron chi connectivity index (χ3n) is 5.35. The number of rotatable bonds is 5. The normalized spacial score (nSPS) is 14.3. The molecule has 1 N–H and O–H groups in total. The third-order valence-corrected chi connectivity index (χ3v) is 5.35. The molecule has 158 valence electrons. The van der Waals surface area contributed by atoms with Crippen molar-refractivity contribution in [3.8, 4) is 0 Å². The van der Waals surface area contributed by atoms with Crippen LogP contribution >= 0.6 is 0 Å². The molecule has 8 heteroatoms. The summed E-state index contributed by atoms with van der Waals surface area (Å²) in [4.78, 5) is 39.3. The predicted molar refractivity (Wildman–Crippen MR) is 116 cm³/mol. The highest BCUT2D eigenvalue weighted by atomic mass is 16.6. The summed E-state index contributed by atoms with van der Waals surface area (Å²) in [6, 6.07) is 11.1. The Hall–Kier alpha value is -3.42. The largest absolute Gasteiger partial charge is 0.366 e. The molecule has 8 nitrogen and oxygen atoms in total. The van der Waals surface area contributed by atoms with Gasteiger partial charge >= 0.3 is 0 Å². The van der Waals surface area contributed by atoms with Crippen LogP contribution in [0.1, 0.15) is 40.5 Å². The first-order chi connectivity index (χ1) is 14.3. The van der Waals surface area contributed by atoms with E-state index in [1.165, 1.54) is 11.0 Å². The maximum Gasteiger partial charge on any atom is 0.293 e. The van der Waals surface area contributed by atoms with Crippen LogP contribution in [0.25, 0.3) is 0 Å². The average Bonchev–Trinajstić information content (AvgIpc) is 2.73. The molecule has 30 heavy (non-hydrogen) atoms. The Morgan fingerprint density at radius 3 is 2.23 bits per heavy atom. The maximum absolute atomic E-state index is 12.6. The van der Waals surface area contributed by atoms with Gasteiger partial charge in [-0.3, -0.25) is 19.7 Å². The smallest absolute Gasteiger partial charge is 0.293 e. The molecule has 1 saturated heterocycles. The first kappa shape index (κ1) is 21.3. The number of anilines is 2. The summed E-state index contributed by atoms with van der Waals surface area (Å²) in [6.45, 7) is 3.72. The van der Waals surface area contributed by atoms with Crippen LogP contribution in [0, 0.1) is 16.0 Å². The third kappa shape index (κ3) is 4.76. The van der Waals surface area contributed by atoms with Gasteiger partial charge < -0.3 is 15.1 Å². The molecular formula is C22H26N4O4. The average molecular weight is 410 g/mol. The molecule has 0 spiro atoms. The van der Waals surface area contributed by atoms with Crippen LogP contribution in [-0.2, 0) is 0 Å². The lowest BCUT2D eigenvalue weighted by molar-refractivity contribution is -0.384. The fourth-order valence-corrected chi connectivity index (χ4v) is 3.49. The number of nitrogens with zero attached hydrogens (tertiary/aromatic N) is 3. The summed E-state index contributed by atoms with van der Waals surface area (Å²) in [5.41, 5.74) is 1.71. The van der Waals surface area contributed by atoms with Gasteiger partial charge in [-0.1, -0.05) is 6.92 Å². The number of hydrogen-bond donors (Lipinski definition) is 1. The SMILES string of the molecule is CC1CCN(c2ccc(C(=O)Nc3ccc(C(=O)N(C)C)cc3)cc2[N+](=O)[O-])CC1. The lowest BCUT2D eigenvalue weighted by Gasteiger charge is -2.31. The van der Waals surface area contributed by atoms with Gasteiger partial charge in [0, 0.05) is 50.1 Å². The Labute approximate surface area is 175 Å². The fraction of sp³-hybridized carbons (Fsp3) is 0.364. The van der Waals surface area contributed by atoms with Crippen molar-refractivity contribution in [3.63, 3.8) is 0 Å². The van der Waals surface area contributed by atoms with E-state index in [2.05, 4.69) is 12.2 Å². The minimum absolute atomic E-state index is 0.0656. The standard InChI is InChI=1S/C22H26N4O4/c1-15-10-12-25(13-11-15)19-9-6-17(14-20(19)26(29)30)21(27)23-18-7-4-16(5-8-18)22(28)24(2)3/h4-9,14-15H,10-13H2,1-3H3,(H,23,27). The van der Waals surface area contributed by atoms with E-state index in [0.29, 0.717) is 22.9 Å². The molecule has 0 atom stereocenters. The lowest BCUT2D eigenvalue weighted by Crippen LogP contribution is -2.33. The van der Waals surface area contributed by atoms with Crippen LogP contribution in [0.2, 0.25) is 0 Å². The van der Waals surface area contributed by atoms with Crippen molar-refractivity contribution < 1.29 is 14.5 Å². The molecule has 2 aromatic rings. The van der Waals surface area contributed by atoms with E-state index >= 15 is 0 Å². The van der Waals surface area contributed by atoms with Crippen molar-refractivity contribution in [2.75, 3.05) is 37.4 Å². The summed E-state index contributed by atoms with van der Waals surface area (Å²) >= 11 is 0. The number of nitrogens with one attached hydrogen (secondary N) is 1. The quantitative estimate of drug-likeness (QED) is 0.598. The lowest BCUT2D eigenvalue weighted by atomic mass is 9.98. The van der Waals surface area contributed by atoms with Crippen LogP contribution in [0.5, 0.6) is 0 Å². The molecule has 3 rings (SSSR count). The van der Waals surface area contributed by atoms with E-state index in [0.717, 1.165) is 25.9 Å². The number of benzene rings is 2. The van der Waals surface area contributed by atoms with Crippen LogP contribution in [0.3, 0.4) is 0 Å². The second kappa shape index (κ2) is 8.94. The summed E-state index contributed by atoms with van der Waals surface area (Å²) in [7, 11) is 3.33. The van der Waals surface area contributed by atoms with E-state index in [4.69, 9.17) is 0 Å². The Bertz CT molecular complexity index is 948. The van der Waals surface area contributed by atoms with Crippen LogP contribution in [-0.4, -0.2) is 48.8 Å². The molecule has 0 radical (unpaired) electrons. The van der Waals surface area contributed by atoms with Gasteiger partial charge in [-0.15, -0.1) is 0 Å². The Morgan fingerprint density at radius 1 is 1.07 bits per heavy atom. The van der Waals surface area contributed by atoms with Gasteiger partial charge in [-0.2, -0.15) is 0 Å². The minimum Gasteiger partial charge on any atom is -0.366 e. The number of carbonyl (C=O) groups is 2. The van der Waals surface area contributed by atoms with Gasteiger partial charge in [0.15, 0.2) is 0 Å². The van der Waals surface area contributed by atoms with Crippen molar-refractivity contribution in [2.24, 2.45) is 5.92 Å². The van der Waals surface area contributed by atoms with Crippen molar-refractivity contribution >= 4 is 28.9 Å². The topological polar surface area (TPSA) is 95.8 Å². The fourth-order valence-electron chi connectivity index (χ4n) is 3.49. The molecule has 0 saturated carbocycles. The Morgan fingerprint density at radius 2 is 1.67 bits per heavy atom. The second-order valence-corrected chi connectivity index (χ2v) is 7.86. The van der Waals surface area contributed by atoms with E-state index < -0.39 is 10.8 Å². The van der Waals surface area contributed by atoms with E-state index in [1.807, 2.05) is 4.90 Å². The van der Waals surface area contributed by atoms with Gasteiger partial charge in [0.2, 0.25) is 0 Å². The zero-order chi connectivity index (χ0) is 21.8. The van der Waals surface area contributed by atoms with E-state index in [-0.39, 0.29) is 17.2 Å². The van der Waals surface area contributed by atoms with Gasteiger partial charge in [0.25, 0.3) is 17.5 Å². The van der Waals surface area contributed by atoms with Crippen molar-refractivity contribution in [1.29, 1.82) is 0 Å². The number of carbonyl (C=O) groups excluding carboxylic acids is 2. The maximum atomic E-state index is 12.6. The van der Waals surface area contributed by atoms with E-state index in [9.17, 15) is 19.7 Å². The van der Waals surface area contributed by atoms with Gasteiger partial charge in [-0.05, 0) is 55.2 Å². The molecular weight excluding hydrogens is 384 g/mol. The van der Waals surface area contributed by atoms with Crippen molar-refractivity contribution in [1.82, 2.24) is 4.90 Å². The monoisotopic (exact) mass is 410 g/mol. The molecule has 1 aliphatic heterocycles. The van der Waals surface area contributed by atoms with E-state index in [1.54, 1.807) is 50.5 Å². The first-order valence-corrected chi connectivity index (χ1v) is 9.92. The van der Waals surface area contributed by atoms with Gasteiger partial charge in [0.05, 0.1) is 4.92 Å². The number of hydrogen-bond acceptors (Lipinski definition) is 5. The molecule has 2 amide bonds. The minimum atomic E-state index is -0.441. The highest BCUT2D eigenvalue weighted by Crippen LogP contribution is 2.32. The molecule has 1 fully saturated rings. The predicted octanol–water partition coefficient (Wildman–Crippen LogP) is 3.79. The second-order valence-electron chi connectivity index (χ2n) is 7.86. The molecule has 2 aromatic carbocycles. The molecule has 0 aromatic heterocycles. The summed E-state index contributed by atoms with van der Waals surface area (Å²) < 4.78 is 0. The van der Waals surface area contributed by atoms with Crippen molar-refractivity contribution in [3.05, 3.63) is 63.7 Å². The summed E-state index contributed by atoms with van der Waals surface area (Å²) in [6.07, 6.45) is 1.98. The van der Waals surface area contributed by atoms with Crippen LogP contribution < -0.4 is 10.2 Å². The van der Waals surface area contributed by atoms with Crippen LogP contribution in [0.15, 0.2) is 42.5 Å². The zero-order valence-corrected chi connectivity index (χ0v) is 17.4. The highest BCUT2D eigenvalue weighted by molar-refractivity contribution is 6.05. The van der Waals surface area contributed by atoms with Gasteiger partial charge in [0.1, 0.15) is 5.69 Å². The molecule has 1 heterocycles.